The Labute approximate surface area is 338 Å². The van der Waals surface area contributed by atoms with Crippen molar-refractivity contribution in [3.05, 3.63) is 199 Å². The second kappa shape index (κ2) is 18.2. The van der Waals surface area contributed by atoms with Crippen LogP contribution in [0.2, 0.25) is 0 Å². The zero-order chi connectivity index (χ0) is 40.5. The zero-order valence-corrected chi connectivity index (χ0v) is 33.0. The number of rotatable bonds is 14. The van der Waals surface area contributed by atoms with Crippen LogP contribution in [0.3, 0.4) is 0 Å². The summed E-state index contributed by atoms with van der Waals surface area (Å²) in [6.45, 7) is -0.116. The number of β-lactam (4-membered cyclic amide) rings is 1. The summed E-state index contributed by atoms with van der Waals surface area (Å²) in [7, 11) is 0. The first-order valence-electron chi connectivity index (χ1n) is 19.1. The molecule has 1 aliphatic rings. The Morgan fingerprint density at radius 3 is 1.48 bits per heavy atom. The van der Waals surface area contributed by atoms with E-state index in [1.165, 1.54) is 11.8 Å². The molecule has 0 unspecified atom stereocenters. The number of esters is 2. The maximum atomic E-state index is 15.8. The number of nitrogens with one attached hydrogen (secondary N) is 1. The first-order valence-corrected chi connectivity index (χ1v) is 20.9. The van der Waals surface area contributed by atoms with Crippen LogP contribution in [0.5, 0.6) is 0 Å². The molecule has 1 saturated heterocycles. The number of hydrogen-bond acceptors (Lipinski definition) is 7. The molecule has 6 aromatic rings. The molecule has 0 radical (unpaired) electrons. The van der Waals surface area contributed by atoms with Gasteiger partial charge in [0.1, 0.15) is 5.42 Å². The molecule has 10 heteroatoms. The second-order valence-electron chi connectivity index (χ2n) is 13.6. The molecule has 3 atom stereocenters. The van der Waals surface area contributed by atoms with Crippen molar-refractivity contribution in [3.63, 3.8) is 0 Å². The molecule has 1 N–H and O–H groups in total. The van der Waals surface area contributed by atoms with Crippen LogP contribution in [0.1, 0.15) is 41.4 Å². The lowest BCUT2D eigenvalue weighted by Crippen LogP contribution is -2.75. The molecule has 9 nitrogen and oxygen atoms in total. The van der Waals surface area contributed by atoms with Crippen molar-refractivity contribution in [3.8, 4) is 0 Å². The number of likely N-dealkylation sites (tertiary alicyclic amines) is 1. The van der Waals surface area contributed by atoms with Gasteiger partial charge in [-0.2, -0.15) is 0 Å². The molecule has 6 aromatic carbocycles. The van der Waals surface area contributed by atoms with Gasteiger partial charge in [-0.25, -0.2) is 9.59 Å². The summed E-state index contributed by atoms with van der Waals surface area (Å²) in [5, 5.41) is 5.12. The summed E-state index contributed by atoms with van der Waals surface area (Å²) >= 11 is 0. The third-order valence-electron chi connectivity index (χ3n) is 9.92. The van der Waals surface area contributed by atoms with Gasteiger partial charge in [0.25, 0.3) is 11.8 Å². The highest BCUT2D eigenvalue weighted by molar-refractivity contribution is 7.96. The molecule has 292 valence electrons. The van der Waals surface area contributed by atoms with Gasteiger partial charge in [-0.1, -0.05) is 170 Å². The minimum Gasteiger partial charge on any atom is -0.464 e. The summed E-state index contributed by atoms with van der Waals surface area (Å²) in [5.74, 6) is -2.58. The lowest BCUT2D eigenvalue weighted by Gasteiger charge is -2.49. The van der Waals surface area contributed by atoms with E-state index in [9.17, 15) is 9.59 Å². The Morgan fingerprint density at radius 2 is 1.05 bits per heavy atom. The fraction of sp³-hybridized carbons (Fsp3) is 0.146. The first-order chi connectivity index (χ1) is 28.3. The SMILES string of the molecule is CCOC(=O)[C@H](C)O[C@@H]1[C@@H](NC(=O)c2ccccc2)C(=O)N1C(C(=O)OC(c1ccccc1)c1ccccc1)=P(c1ccccc1)(c1ccccc1)c1ccccc1. The maximum absolute atomic E-state index is 15.8. The minimum absolute atomic E-state index is 0.0178. The van der Waals surface area contributed by atoms with Gasteiger partial charge >= 0.3 is 11.9 Å². The van der Waals surface area contributed by atoms with Crippen molar-refractivity contribution in [2.75, 3.05) is 6.61 Å². The minimum atomic E-state index is -3.42. The second-order valence-corrected chi connectivity index (χ2v) is 16.9. The molecular weight excluding hydrogens is 748 g/mol. The molecule has 0 aliphatic carbocycles. The fourth-order valence-corrected chi connectivity index (χ4v) is 11.6. The average Bonchev–Trinajstić information content (AvgIpc) is 3.28. The lowest BCUT2D eigenvalue weighted by molar-refractivity contribution is -0.189. The summed E-state index contributed by atoms with van der Waals surface area (Å²) in [6, 6.07) is 54.7. The third-order valence-corrected chi connectivity index (χ3v) is 14.2. The van der Waals surface area contributed by atoms with E-state index in [2.05, 4.69) is 5.32 Å². The van der Waals surface area contributed by atoms with Gasteiger partial charge in [-0.05, 0) is 53.0 Å². The van der Waals surface area contributed by atoms with E-state index < -0.39 is 55.1 Å². The fourth-order valence-electron chi connectivity index (χ4n) is 7.21. The highest BCUT2D eigenvalue weighted by atomic mass is 31.2. The molecule has 1 aliphatic heterocycles. The Bertz CT molecular complexity index is 2260. The molecule has 58 heavy (non-hydrogen) atoms. The van der Waals surface area contributed by atoms with Crippen molar-refractivity contribution in [1.82, 2.24) is 10.2 Å². The Morgan fingerprint density at radius 1 is 0.638 bits per heavy atom. The molecular formula is C48H43N2O7P. The van der Waals surface area contributed by atoms with Gasteiger partial charge in [0.2, 0.25) is 0 Å². The molecule has 0 aromatic heterocycles. The topological polar surface area (TPSA) is 111 Å². The van der Waals surface area contributed by atoms with Gasteiger partial charge in [0.05, 0.1) is 6.61 Å². The van der Waals surface area contributed by atoms with Gasteiger partial charge in [-0.3, -0.25) is 14.5 Å². The third kappa shape index (κ3) is 8.00. The van der Waals surface area contributed by atoms with E-state index in [-0.39, 0.29) is 12.0 Å². The average molecular weight is 791 g/mol. The molecule has 0 saturated carbocycles. The summed E-state index contributed by atoms with van der Waals surface area (Å²) < 4.78 is 18.5. The van der Waals surface area contributed by atoms with Crippen LogP contribution in [0, 0.1) is 0 Å². The van der Waals surface area contributed by atoms with Crippen LogP contribution in [-0.4, -0.2) is 59.1 Å². The standard InChI is InChI=1S/C48H43N2O7P/c1-3-55-47(53)34(2)56-45-41(49-43(51)37-26-14-6-15-27-37)44(52)50(45)46(48(54)57-42(35-22-10-4-11-23-35)36-24-12-5-13-25-36)58(38-28-16-7-17-29-38,39-30-18-8-19-31-39)40-32-20-9-21-33-40/h4-34,41-42,45H,3H2,1-2H3,(H,49,51)/t34-,41-,45+/m0/s1. The van der Waals surface area contributed by atoms with Crippen LogP contribution in [0.25, 0.3) is 0 Å². The van der Waals surface area contributed by atoms with Crippen molar-refractivity contribution in [2.24, 2.45) is 0 Å². The van der Waals surface area contributed by atoms with E-state index >= 15 is 9.59 Å². The van der Waals surface area contributed by atoms with Crippen LogP contribution in [0.15, 0.2) is 182 Å². The largest absolute Gasteiger partial charge is 0.464 e. The number of benzene rings is 6. The van der Waals surface area contributed by atoms with Gasteiger partial charge < -0.3 is 19.5 Å². The van der Waals surface area contributed by atoms with Crippen LogP contribution in [0.4, 0.5) is 0 Å². The molecule has 7 rings (SSSR count). The highest BCUT2D eigenvalue weighted by Gasteiger charge is 2.56. The molecule has 2 amide bonds. The van der Waals surface area contributed by atoms with E-state index in [0.717, 1.165) is 27.0 Å². The van der Waals surface area contributed by atoms with Crippen molar-refractivity contribution < 1.29 is 33.4 Å². The highest BCUT2D eigenvalue weighted by Crippen LogP contribution is 2.49. The first kappa shape index (κ1) is 39.7. The normalized spacial score (nSPS) is 15.5. The molecule has 1 heterocycles. The van der Waals surface area contributed by atoms with E-state index in [4.69, 9.17) is 14.2 Å². The van der Waals surface area contributed by atoms with E-state index in [0.29, 0.717) is 5.56 Å². The Kier molecular flexibility index (Phi) is 12.4. The van der Waals surface area contributed by atoms with E-state index in [1.807, 2.05) is 152 Å². The zero-order valence-electron chi connectivity index (χ0n) is 32.1. The lowest BCUT2D eigenvalue weighted by atomic mass is 10.0. The van der Waals surface area contributed by atoms with Crippen molar-refractivity contribution in [1.29, 1.82) is 0 Å². The Balaban J connectivity index is 1.52. The maximum Gasteiger partial charge on any atom is 0.357 e. The smallest absolute Gasteiger partial charge is 0.357 e. The molecule has 0 spiro atoms. The molecule has 1 fully saturated rings. The van der Waals surface area contributed by atoms with Gasteiger partial charge in [-0.15, -0.1) is 0 Å². The van der Waals surface area contributed by atoms with Crippen LogP contribution in [-0.2, 0) is 28.6 Å². The summed E-state index contributed by atoms with van der Waals surface area (Å²) in [6.07, 6.45) is -3.39. The van der Waals surface area contributed by atoms with Crippen LogP contribution >= 0.6 is 6.89 Å². The Hall–Kier alpha value is -6.54. The van der Waals surface area contributed by atoms with Gasteiger partial charge in [0.15, 0.2) is 24.5 Å². The van der Waals surface area contributed by atoms with Gasteiger partial charge in [0, 0.05) is 12.4 Å². The number of amides is 2. The van der Waals surface area contributed by atoms with Crippen molar-refractivity contribution >= 4 is 52.0 Å². The number of nitrogens with zero attached hydrogens (tertiary/aromatic N) is 1. The quantitative estimate of drug-likeness (QED) is 0.0775. The monoisotopic (exact) mass is 790 g/mol. The number of ether oxygens (including phenoxy) is 3. The number of carbonyl (C=O) groups excluding carboxylic acids is 4. The molecule has 0 bridgehead atoms. The predicted octanol–water partition coefficient (Wildman–Crippen LogP) is 6.38. The van der Waals surface area contributed by atoms with Crippen LogP contribution < -0.4 is 21.2 Å². The van der Waals surface area contributed by atoms with E-state index in [1.54, 1.807) is 37.3 Å². The predicted molar refractivity (Wildman–Crippen MR) is 226 cm³/mol. The van der Waals surface area contributed by atoms with Crippen molar-refractivity contribution in [2.45, 2.75) is 38.3 Å². The summed E-state index contributed by atoms with van der Waals surface area (Å²) in [5.41, 5.74) is 1.78. The summed E-state index contributed by atoms with van der Waals surface area (Å²) in [4.78, 5) is 59.0. The number of hydrogen-bond donors (Lipinski definition) is 1. The number of carbonyl (C=O) groups is 4.